The van der Waals surface area contributed by atoms with Crippen molar-refractivity contribution in [1.29, 1.82) is 0 Å². The van der Waals surface area contributed by atoms with Crippen molar-refractivity contribution in [2.45, 2.75) is 43.0 Å². The van der Waals surface area contributed by atoms with Crippen LogP contribution in [0.1, 0.15) is 25.0 Å². The summed E-state index contributed by atoms with van der Waals surface area (Å²) in [5.74, 6) is 2.58. The van der Waals surface area contributed by atoms with Crippen LogP contribution < -0.4 is 5.32 Å². The molecule has 2 heterocycles. The molecule has 0 aromatic carbocycles. The first-order valence-corrected chi connectivity index (χ1v) is 9.55. The van der Waals surface area contributed by atoms with Gasteiger partial charge in [0.25, 0.3) is 10.0 Å². The first kappa shape index (κ1) is 14.4. The summed E-state index contributed by atoms with van der Waals surface area (Å²) in [5.41, 5.74) is 0. The zero-order valence-corrected chi connectivity index (χ0v) is 13.2. The first-order chi connectivity index (χ1) is 9.57. The molecule has 1 saturated heterocycles. The fourth-order valence-corrected chi connectivity index (χ4v) is 4.94. The molecule has 0 radical (unpaired) electrons. The van der Waals surface area contributed by atoms with Crippen LogP contribution in [-0.4, -0.2) is 43.4 Å². The van der Waals surface area contributed by atoms with Gasteiger partial charge in [-0.05, 0) is 37.1 Å². The molecule has 1 atom stereocenters. The van der Waals surface area contributed by atoms with E-state index < -0.39 is 10.0 Å². The van der Waals surface area contributed by atoms with E-state index in [-0.39, 0.29) is 11.1 Å². The third-order valence-electron chi connectivity index (χ3n) is 3.83. The molecule has 0 amide bonds. The van der Waals surface area contributed by atoms with Crippen LogP contribution in [-0.2, 0) is 16.6 Å². The number of thioether (sulfide) groups is 1. The van der Waals surface area contributed by atoms with E-state index in [0.717, 1.165) is 17.9 Å². The predicted octanol–water partition coefficient (Wildman–Crippen LogP) is 1.66. The molecule has 2 fully saturated rings. The van der Waals surface area contributed by atoms with Crippen LogP contribution >= 0.6 is 11.8 Å². The van der Waals surface area contributed by atoms with Crippen LogP contribution in [0.15, 0.2) is 21.6 Å². The van der Waals surface area contributed by atoms with E-state index in [4.69, 9.17) is 4.42 Å². The molecule has 2 aliphatic rings. The lowest BCUT2D eigenvalue weighted by Crippen LogP contribution is -2.36. The number of nitrogens with zero attached hydrogens (tertiary/aromatic N) is 1. The summed E-state index contributed by atoms with van der Waals surface area (Å²) in [4.78, 5) is 0. The lowest BCUT2D eigenvalue weighted by atomic mass is 10.3. The van der Waals surface area contributed by atoms with Crippen molar-refractivity contribution in [2.24, 2.45) is 0 Å². The number of hydrogen-bond acceptors (Lipinski definition) is 5. The maximum atomic E-state index is 12.5. The highest BCUT2D eigenvalue weighted by Crippen LogP contribution is 2.27. The number of sulfonamides is 1. The molecule has 1 N–H and O–H groups in total. The third kappa shape index (κ3) is 3.05. The average molecular weight is 316 g/mol. The Bertz CT molecular complexity index is 560. The molecule has 1 aliphatic heterocycles. The van der Waals surface area contributed by atoms with Crippen LogP contribution in [0.25, 0.3) is 0 Å². The quantitative estimate of drug-likeness (QED) is 0.865. The molecular weight excluding hydrogens is 296 g/mol. The van der Waals surface area contributed by atoms with Crippen molar-refractivity contribution < 1.29 is 12.8 Å². The van der Waals surface area contributed by atoms with Gasteiger partial charge in [0.15, 0.2) is 0 Å². The van der Waals surface area contributed by atoms with Crippen LogP contribution in [0, 0.1) is 0 Å². The molecule has 0 bridgehead atoms. The van der Waals surface area contributed by atoms with Crippen molar-refractivity contribution in [2.75, 3.05) is 18.6 Å². The second-order valence-corrected chi connectivity index (χ2v) is 8.49. The van der Waals surface area contributed by atoms with Crippen LogP contribution in [0.2, 0.25) is 0 Å². The van der Waals surface area contributed by atoms with Crippen LogP contribution in [0.5, 0.6) is 0 Å². The lowest BCUT2D eigenvalue weighted by Gasteiger charge is -2.21. The van der Waals surface area contributed by atoms with Gasteiger partial charge in [-0.15, -0.1) is 0 Å². The van der Waals surface area contributed by atoms with Gasteiger partial charge in [0.1, 0.15) is 5.76 Å². The van der Waals surface area contributed by atoms with Crippen molar-refractivity contribution in [1.82, 2.24) is 9.62 Å². The Morgan fingerprint density at radius 2 is 2.20 bits per heavy atom. The largest absolute Gasteiger partial charge is 0.447 e. The standard InChI is InChI=1S/C13H20N2O3S2/c1-15(11-6-7-19-9-11)20(16,17)13-5-4-12(18-13)8-14-10-2-3-10/h4-5,10-11,14H,2-3,6-9H2,1H3. The van der Waals surface area contributed by atoms with Crippen molar-refractivity contribution in [3.8, 4) is 0 Å². The summed E-state index contributed by atoms with van der Waals surface area (Å²) in [6, 6.07) is 3.98. The van der Waals surface area contributed by atoms with E-state index in [0.29, 0.717) is 18.3 Å². The smallest absolute Gasteiger partial charge is 0.276 e. The second kappa shape index (κ2) is 5.71. The molecule has 112 valence electrons. The molecule has 7 heteroatoms. The van der Waals surface area contributed by atoms with Crippen molar-refractivity contribution in [3.05, 3.63) is 17.9 Å². The van der Waals surface area contributed by atoms with E-state index in [1.807, 2.05) is 0 Å². The molecule has 1 aromatic rings. The molecule has 1 unspecified atom stereocenters. The van der Waals surface area contributed by atoms with E-state index in [9.17, 15) is 8.42 Å². The van der Waals surface area contributed by atoms with Gasteiger partial charge in [-0.2, -0.15) is 16.1 Å². The highest BCUT2D eigenvalue weighted by Gasteiger charge is 2.32. The normalized spacial score (nSPS) is 23.6. The summed E-state index contributed by atoms with van der Waals surface area (Å²) >= 11 is 1.80. The lowest BCUT2D eigenvalue weighted by molar-refractivity contribution is 0.355. The van der Waals surface area contributed by atoms with Crippen molar-refractivity contribution in [3.63, 3.8) is 0 Å². The molecule has 1 aromatic heterocycles. The Hall–Kier alpha value is -0.500. The SMILES string of the molecule is CN(C1CCSC1)S(=O)(=O)c1ccc(CNC2CC2)o1. The third-order valence-corrected chi connectivity index (χ3v) is 6.76. The number of hydrogen-bond donors (Lipinski definition) is 1. The fourth-order valence-electron chi connectivity index (χ4n) is 2.27. The van der Waals surface area contributed by atoms with Crippen molar-refractivity contribution >= 4 is 21.8 Å². The molecule has 1 saturated carbocycles. The molecule has 20 heavy (non-hydrogen) atoms. The van der Waals surface area contributed by atoms with E-state index in [2.05, 4.69) is 5.32 Å². The molecule has 0 spiro atoms. The van der Waals surface area contributed by atoms with Crippen LogP contribution in [0.4, 0.5) is 0 Å². The molecule has 5 nitrogen and oxygen atoms in total. The number of nitrogens with one attached hydrogen (secondary N) is 1. The van der Waals surface area contributed by atoms with Gasteiger partial charge < -0.3 is 9.73 Å². The summed E-state index contributed by atoms with van der Waals surface area (Å²) < 4.78 is 31.9. The Morgan fingerprint density at radius 1 is 1.40 bits per heavy atom. The monoisotopic (exact) mass is 316 g/mol. The highest BCUT2D eigenvalue weighted by molar-refractivity contribution is 7.99. The maximum absolute atomic E-state index is 12.5. The summed E-state index contributed by atoms with van der Waals surface area (Å²) in [6.07, 6.45) is 3.32. The summed E-state index contributed by atoms with van der Waals surface area (Å²) in [5, 5.41) is 3.38. The van der Waals surface area contributed by atoms with Gasteiger partial charge >= 0.3 is 0 Å². The van der Waals surface area contributed by atoms with Gasteiger partial charge in [-0.25, -0.2) is 8.42 Å². The predicted molar refractivity (Wildman–Crippen MR) is 79.2 cm³/mol. The van der Waals surface area contributed by atoms with E-state index in [1.54, 1.807) is 30.9 Å². The van der Waals surface area contributed by atoms with E-state index in [1.165, 1.54) is 17.1 Å². The zero-order chi connectivity index (χ0) is 14.2. The minimum atomic E-state index is -3.50. The molecular formula is C13H20N2O3S2. The van der Waals surface area contributed by atoms with Gasteiger partial charge in [0.2, 0.25) is 5.09 Å². The number of furan rings is 1. The Labute approximate surface area is 124 Å². The zero-order valence-electron chi connectivity index (χ0n) is 11.5. The molecule has 1 aliphatic carbocycles. The Balaban J connectivity index is 1.69. The average Bonchev–Trinajstić information content (AvgIpc) is 2.95. The summed E-state index contributed by atoms with van der Waals surface area (Å²) in [6.45, 7) is 0.600. The van der Waals surface area contributed by atoms with Gasteiger partial charge in [0, 0.05) is 24.9 Å². The first-order valence-electron chi connectivity index (χ1n) is 6.95. The van der Waals surface area contributed by atoms with Gasteiger partial charge in [0.05, 0.1) is 6.54 Å². The van der Waals surface area contributed by atoms with Crippen LogP contribution in [0.3, 0.4) is 0 Å². The van der Waals surface area contributed by atoms with E-state index >= 15 is 0 Å². The minimum absolute atomic E-state index is 0.0597. The summed E-state index contributed by atoms with van der Waals surface area (Å²) in [7, 11) is -1.85. The maximum Gasteiger partial charge on any atom is 0.276 e. The fraction of sp³-hybridized carbons (Fsp3) is 0.692. The topological polar surface area (TPSA) is 62.6 Å². The Kier molecular flexibility index (Phi) is 4.12. The van der Waals surface area contributed by atoms with Gasteiger partial charge in [-0.3, -0.25) is 0 Å². The van der Waals surface area contributed by atoms with Gasteiger partial charge in [-0.1, -0.05) is 0 Å². The highest BCUT2D eigenvalue weighted by atomic mass is 32.2. The Morgan fingerprint density at radius 3 is 2.85 bits per heavy atom. The number of rotatable bonds is 6. The second-order valence-electron chi connectivity index (χ2n) is 5.41. The minimum Gasteiger partial charge on any atom is -0.447 e. The molecule has 3 rings (SSSR count).